The summed E-state index contributed by atoms with van der Waals surface area (Å²) in [7, 11) is 0. The molecule has 10 unspecified atom stereocenters. The van der Waals surface area contributed by atoms with Crippen molar-refractivity contribution in [2.24, 2.45) is 16.9 Å². The van der Waals surface area contributed by atoms with E-state index in [0.29, 0.717) is 13.0 Å². The second-order valence-electron chi connectivity index (χ2n) is 9.63. The summed E-state index contributed by atoms with van der Waals surface area (Å²) in [5, 5.41) is 42.3. The van der Waals surface area contributed by atoms with Crippen LogP contribution in [0.25, 0.3) is 0 Å². The highest BCUT2D eigenvalue weighted by Crippen LogP contribution is 2.46. The lowest BCUT2D eigenvalue weighted by atomic mass is 9.71. The highest BCUT2D eigenvalue weighted by Gasteiger charge is 2.63. The van der Waals surface area contributed by atoms with Crippen LogP contribution < -0.4 is 11.5 Å². The summed E-state index contributed by atoms with van der Waals surface area (Å²) in [6.07, 6.45) is -3.64. The van der Waals surface area contributed by atoms with E-state index in [1.807, 2.05) is 13.8 Å². The molecule has 2 aliphatic heterocycles. The second kappa shape index (κ2) is 9.46. The minimum Gasteiger partial charge on any atom is -0.394 e. The van der Waals surface area contributed by atoms with Crippen LogP contribution in [-0.4, -0.2) is 100 Å². The van der Waals surface area contributed by atoms with Gasteiger partial charge < -0.3 is 50.8 Å². The molecule has 2 saturated heterocycles. The number of ether oxygens (including phenoxy) is 4. The van der Waals surface area contributed by atoms with Gasteiger partial charge >= 0.3 is 0 Å². The van der Waals surface area contributed by atoms with Crippen LogP contribution in [-0.2, 0) is 18.9 Å². The van der Waals surface area contributed by atoms with Crippen molar-refractivity contribution >= 4 is 0 Å². The standard InChI is InChI=1S/C21H42N2O8/c1-7-19(4)14(22)17(27)20(5,13(10-25)29-19)31-21(6)15(23)16(26)18(3,11-28-8-2)12(9-24)30-21/h12-17,24-27H,7-11,22-23H2,1-6H3. The average molecular weight is 451 g/mol. The van der Waals surface area contributed by atoms with Gasteiger partial charge in [-0.05, 0) is 34.1 Å². The molecule has 31 heavy (non-hydrogen) atoms. The first-order chi connectivity index (χ1) is 14.3. The van der Waals surface area contributed by atoms with Crippen LogP contribution in [0.3, 0.4) is 0 Å². The van der Waals surface area contributed by atoms with E-state index in [0.717, 1.165) is 0 Å². The lowest BCUT2D eigenvalue weighted by Crippen LogP contribution is -2.77. The fourth-order valence-corrected chi connectivity index (χ4v) is 4.72. The van der Waals surface area contributed by atoms with E-state index < -0.39 is 72.1 Å². The van der Waals surface area contributed by atoms with Crippen molar-refractivity contribution < 1.29 is 39.4 Å². The molecule has 2 heterocycles. The maximum absolute atomic E-state index is 11.1. The van der Waals surface area contributed by atoms with Crippen molar-refractivity contribution in [1.82, 2.24) is 0 Å². The van der Waals surface area contributed by atoms with Gasteiger partial charge in [0.2, 0.25) is 0 Å². The van der Waals surface area contributed by atoms with Crippen LogP contribution in [0.15, 0.2) is 0 Å². The smallest absolute Gasteiger partial charge is 0.184 e. The number of hydrogen-bond acceptors (Lipinski definition) is 10. The maximum Gasteiger partial charge on any atom is 0.184 e. The Morgan fingerprint density at radius 2 is 1.45 bits per heavy atom. The van der Waals surface area contributed by atoms with Crippen molar-refractivity contribution in [2.75, 3.05) is 26.4 Å². The van der Waals surface area contributed by atoms with E-state index in [9.17, 15) is 20.4 Å². The lowest BCUT2D eigenvalue weighted by molar-refractivity contribution is -0.399. The third kappa shape index (κ3) is 4.40. The summed E-state index contributed by atoms with van der Waals surface area (Å²) in [5.74, 6) is -1.62. The molecule has 10 heteroatoms. The minimum atomic E-state index is -1.62. The van der Waals surface area contributed by atoms with Crippen molar-refractivity contribution in [3.05, 3.63) is 0 Å². The van der Waals surface area contributed by atoms with Crippen molar-refractivity contribution in [1.29, 1.82) is 0 Å². The molecule has 2 aliphatic rings. The molecule has 0 aromatic rings. The molecule has 0 aromatic heterocycles. The largest absolute Gasteiger partial charge is 0.394 e. The molecule has 10 nitrogen and oxygen atoms in total. The molecule has 2 fully saturated rings. The quantitative estimate of drug-likeness (QED) is 0.265. The number of aliphatic hydroxyl groups is 4. The van der Waals surface area contributed by atoms with Gasteiger partial charge in [-0.1, -0.05) is 13.8 Å². The highest BCUT2D eigenvalue weighted by atomic mass is 16.7. The monoisotopic (exact) mass is 450 g/mol. The Hall–Kier alpha value is -0.400. The third-order valence-corrected chi connectivity index (χ3v) is 7.49. The van der Waals surface area contributed by atoms with Gasteiger partial charge in [-0.25, -0.2) is 0 Å². The van der Waals surface area contributed by atoms with Gasteiger partial charge in [0.05, 0.1) is 49.7 Å². The maximum atomic E-state index is 11.1. The van der Waals surface area contributed by atoms with Crippen molar-refractivity contribution in [2.45, 2.75) is 101 Å². The average Bonchev–Trinajstić information content (AvgIpc) is 2.75. The molecule has 0 radical (unpaired) electrons. The van der Waals surface area contributed by atoms with Crippen LogP contribution in [0.5, 0.6) is 0 Å². The fourth-order valence-electron chi connectivity index (χ4n) is 4.72. The van der Waals surface area contributed by atoms with Crippen LogP contribution >= 0.6 is 0 Å². The molecule has 10 atom stereocenters. The van der Waals surface area contributed by atoms with Crippen LogP contribution in [0.1, 0.15) is 48.0 Å². The predicted octanol–water partition coefficient (Wildman–Crippen LogP) is -1.15. The number of aliphatic hydroxyl groups excluding tert-OH is 4. The molecular formula is C21H42N2O8. The summed E-state index contributed by atoms with van der Waals surface area (Å²) in [6.45, 7) is 10.0. The van der Waals surface area contributed by atoms with E-state index in [4.69, 9.17) is 30.4 Å². The summed E-state index contributed by atoms with van der Waals surface area (Å²) in [6, 6.07) is -1.87. The molecule has 0 aliphatic carbocycles. The summed E-state index contributed by atoms with van der Waals surface area (Å²) < 4.78 is 24.0. The van der Waals surface area contributed by atoms with E-state index in [1.54, 1.807) is 20.8 Å². The number of hydrogen-bond donors (Lipinski definition) is 6. The fraction of sp³-hybridized carbons (Fsp3) is 1.00. The zero-order valence-corrected chi connectivity index (χ0v) is 19.6. The zero-order valence-electron chi connectivity index (χ0n) is 19.6. The Labute approximate surface area is 184 Å². The molecule has 0 amide bonds. The summed E-state index contributed by atoms with van der Waals surface area (Å²) in [5.41, 5.74) is 9.35. The Morgan fingerprint density at radius 1 is 0.871 bits per heavy atom. The SMILES string of the molecule is CCOCC1(C)C(CO)OC(C)(OC2(C)C(CO)OC(C)(CC)C(N)C2O)C(N)C1O. The van der Waals surface area contributed by atoms with Gasteiger partial charge in [0.15, 0.2) is 5.79 Å². The number of rotatable bonds is 8. The van der Waals surface area contributed by atoms with Crippen LogP contribution in [0, 0.1) is 5.41 Å². The normalized spacial score (nSPS) is 51.1. The molecule has 0 saturated carbocycles. The van der Waals surface area contributed by atoms with Gasteiger partial charge in [-0.2, -0.15) is 0 Å². The molecule has 184 valence electrons. The first-order valence-electron chi connectivity index (χ1n) is 11.0. The Morgan fingerprint density at radius 3 is 1.94 bits per heavy atom. The van der Waals surface area contributed by atoms with E-state index in [-0.39, 0.29) is 6.61 Å². The van der Waals surface area contributed by atoms with E-state index in [2.05, 4.69) is 0 Å². The first-order valence-corrected chi connectivity index (χ1v) is 11.0. The lowest BCUT2D eigenvalue weighted by Gasteiger charge is -2.59. The molecular weight excluding hydrogens is 408 g/mol. The number of nitrogens with two attached hydrogens (primary N) is 2. The molecule has 0 spiro atoms. The van der Waals surface area contributed by atoms with Gasteiger partial charge in [-0.15, -0.1) is 0 Å². The van der Waals surface area contributed by atoms with Crippen molar-refractivity contribution in [3.8, 4) is 0 Å². The van der Waals surface area contributed by atoms with E-state index >= 15 is 0 Å². The third-order valence-electron chi connectivity index (χ3n) is 7.49. The topological polar surface area (TPSA) is 170 Å². The summed E-state index contributed by atoms with van der Waals surface area (Å²) >= 11 is 0. The second-order valence-corrected chi connectivity index (χ2v) is 9.63. The van der Waals surface area contributed by atoms with Gasteiger partial charge in [0.25, 0.3) is 0 Å². The van der Waals surface area contributed by atoms with Gasteiger partial charge in [0.1, 0.15) is 17.8 Å². The minimum absolute atomic E-state index is 0.127. The Kier molecular flexibility index (Phi) is 8.19. The highest BCUT2D eigenvalue weighted by molar-refractivity contribution is 5.11. The van der Waals surface area contributed by atoms with Gasteiger partial charge in [-0.3, -0.25) is 0 Å². The van der Waals surface area contributed by atoms with E-state index in [1.165, 1.54) is 6.92 Å². The Balaban J connectivity index is 2.39. The molecule has 0 bridgehead atoms. The Bertz CT molecular complexity index is 606. The first kappa shape index (κ1) is 26.8. The van der Waals surface area contributed by atoms with Crippen LogP contribution in [0.4, 0.5) is 0 Å². The molecule has 8 N–H and O–H groups in total. The van der Waals surface area contributed by atoms with Crippen molar-refractivity contribution in [3.63, 3.8) is 0 Å². The zero-order chi connectivity index (χ0) is 23.8. The predicted molar refractivity (Wildman–Crippen MR) is 113 cm³/mol. The molecule has 2 rings (SSSR count). The van der Waals surface area contributed by atoms with Crippen LogP contribution in [0.2, 0.25) is 0 Å². The van der Waals surface area contributed by atoms with Gasteiger partial charge in [0, 0.05) is 12.0 Å². The summed E-state index contributed by atoms with van der Waals surface area (Å²) in [4.78, 5) is 0. The molecule has 0 aromatic carbocycles.